The van der Waals surface area contributed by atoms with Gasteiger partial charge >= 0.3 is 6.18 Å². The molecule has 1 unspecified atom stereocenters. The maximum atomic E-state index is 11.7. The Hall–Kier alpha value is -0.620. The Morgan fingerprint density at radius 1 is 1.50 bits per heavy atom. The van der Waals surface area contributed by atoms with Crippen molar-refractivity contribution in [1.29, 1.82) is 0 Å². The Labute approximate surface area is 80.4 Å². The lowest BCUT2D eigenvalue weighted by molar-refractivity contribution is -0.137. The molecule has 0 bridgehead atoms. The van der Waals surface area contributed by atoms with Crippen molar-refractivity contribution >= 4 is 5.78 Å². The Kier molecular flexibility index (Phi) is 5.71. The van der Waals surface area contributed by atoms with Crippen LogP contribution in [0, 0.1) is 0 Å². The topological polar surface area (TPSA) is 52.3 Å². The van der Waals surface area contributed by atoms with E-state index in [-0.39, 0.29) is 19.4 Å². The maximum absolute atomic E-state index is 11.7. The van der Waals surface area contributed by atoms with Gasteiger partial charge in [-0.25, -0.2) is 0 Å². The zero-order valence-electron chi connectivity index (χ0n) is 7.93. The van der Waals surface area contributed by atoms with Crippen LogP contribution in [0.2, 0.25) is 0 Å². The molecule has 0 aliphatic heterocycles. The minimum atomic E-state index is -4.20. The summed E-state index contributed by atoms with van der Waals surface area (Å²) in [6, 6.07) is -0.812. The fraction of sp³-hybridized carbons (Fsp3) is 0.875. The summed E-state index contributed by atoms with van der Waals surface area (Å²) in [4.78, 5) is 11.0. The van der Waals surface area contributed by atoms with Gasteiger partial charge in [0.05, 0.1) is 12.6 Å². The molecule has 14 heavy (non-hydrogen) atoms. The van der Waals surface area contributed by atoms with Gasteiger partial charge in [-0.2, -0.15) is 13.2 Å². The van der Waals surface area contributed by atoms with Crippen LogP contribution in [0.25, 0.3) is 0 Å². The zero-order valence-corrected chi connectivity index (χ0v) is 7.93. The number of hydrogen-bond acceptors (Lipinski definition) is 3. The molecule has 0 aromatic rings. The molecule has 0 aliphatic carbocycles. The monoisotopic (exact) mass is 213 g/mol. The van der Waals surface area contributed by atoms with Gasteiger partial charge in [0, 0.05) is 20.0 Å². The number of hydrogen-bond donors (Lipinski definition) is 1. The van der Waals surface area contributed by atoms with Gasteiger partial charge in [0.25, 0.3) is 0 Å². The van der Waals surface area contributed by atoms with E-state index in [0.29, 0.717) is 0 Å². The van der Waals surface area contributed by atoms with Crippen LogP contribution in [-0.2, 0) is 9.53 Å². The molecule has 0 aliphatic rings. The predicted molar refractivity (Wildman–Crippen MR) is 44.8 cm³/mol. The Bertz CT molecular complexity index is 182. The number of nitrogens with two attached hydrogens (primary N) is 1. The first kappa shape index (κ1) is 13.4. The van der Waals surface area contributed by atoms with E-state index in [1.165, 1.54) is 7.11 Å². The van der Waals surface area contributed by atoms with Crippen molar-refractivity contribution in [2.75, 3.05) is 13.7 Å². The number of ketones is 1. The summed E-state index contributed by atoms with van der Waals surface area (Å²) in [5.41, 5.74) is 5.32. The van der Waals surface area contributed by atoms with Crippen molar-refractivity contribution in [2.45, 2.75) is 31.5 Å². The first-order chi connectivity index (χ1) is 6.37. The van der Waals surface area contributed by atoms with E-state index in [4.69, 9.17) is 5.73 Å². The van der Waals surface area contributed by atoms with Crippen LogP contribution >= 0.6 is 0 Å². The fourth-order valence-corrected chi connectivity index (χ4v) is 0.921. The molecule has 0 fully saturated rings. The average Bonchev–Trinajstić information content (AvgIpc) is 2.02. The summed E-state index contributed by atoms with van der Waals surface area (Å²) in [5.74, 6) is -0.392. The second-order valence-electron chi connectivity index (χ2n) is 3.00. The third kappa shape index (κ3) is 6.85. The molecule has 0 aromatic heterocycles. The van der Waals surface area contributed by atoms with E-state index in [1.807, 2.05) is 0 Å². The van der Waals surface area contributed by atoms with Crippen LogP contribution in [0.3, 0.4) is 0 Å². The highest BCUT2D eigenvalue weighted by molar-refractivity contribution is 5.83. The highest BCUT2D eigenvalue weighted by Gasteiger charge is 2.27. The Morgan fingerprint density at radius 3 is 2.50 bits per heavy atom. The molecule has 0 rings (SSSR count). The quantitative estimate of drug-likeness (QED) is 0.722. The van der Waals surface area contributed by atoms with Gasteiger partial charge in [-0.1, -0.05) is 0 Å². The lowest BCUT2D eigenvalue weighted by atomic mass is 10.1. The third-order valence-corrected chi connectivity index (χ3v) is 1.64. The van der Waals surface area contributed by atoms with Crippen molar-refractivity contribution in [2.24, 2.45) is 5.73 Å². The zero-order chi connectivity index (χ0) is 11.2. The molecule has 2 N–H and O–H groups in total. The van der Waals surface area contributed by atoms with Crippen molar-refractivity contribution in [1.82, 2.24) is 0 Å². The molecule has 1 atom stereocenters. The summed E-state index contributed by atoms with van der Waals surface area (Å²) in [6.07, 6.45) is -5.51. The number of alkyl halides is 3. The van der Waals surface area contributed by atoms with Crippen LogP contribution in [-0.4, -0.2) is 31.7 Å². The van der Waals surface area contributed by atoms with E-state index < -0.39 is 24.4 Å². The molecule has 0 heterocycles. The van der Waals surface area contributed by atoms with Crippen LogP contribution in [0.1, 0.15) is 19.3 Å². The van der Waals surface area contributed by atoms with Gasteiger partial charge in [-0.3, -0.25) is 4.79 Å². The summed E-state index contributed by atoms with van der Waals surface area (Å²) in [6.45, 7) is 0.0465. The normalized spacial score (nSPS) is 14.1. The SMILES string of the molecule is COCC(N)C(=O)CCCC(F)(F)F. The second-order valence-corrected chi connectivity index (χ2v) is 3.00. The number of halogens is 3. The van der Waals surface area contributed by atoms with E-state index in [0.717, 1.165) is 0 Å². The van der Waals surface area contributed by atoms with Gasteiger partial charge in [-0.15, -0.1) is 0 Å². The molecule has 0 aromatic carbocycles. The van der Waals surface area contributed by atoms with Gasteiger partial charge in [0.1, 0.15) is 0 Å². The molecule has 0 amide bonds. The van der Waals surface area contributed by atoms with Gasteiger partial charge in [0.15, 0.2) is 5.78 Å². The van der Waals surface area contributed by atoms with E-state index in [1.54, 1.807) is 0 Å². The first-order valence-corrected chi connectivity index (χ1v) is 4.21. The fourth-order valence-electron chi connectivity index (χ4n) is 0.921. The van der Waals surface area contributed by atoms with Crippen molar-refractivity contribution in [3.8, 4) is 0 Å². The highest BCUT2D eigenvalue weighted by atomic mass is 19.4. The number of carbonyl (C=O) groups is 1. The number of rotatable bonds is 6. The average molecular weight is 213 g/mol. The van der Waals surface area contributed by atoms with Gasteiger partial charge in [-0.05, 0) is 6.42 Å². The van der Waals surface area contributed by atoms with Gasteiger partial charge < -0.3 is 10.5 Å². The molecule has 6 heteroatoms. The first-order valence-electron chi connectivity index (χ1n) is 4.21. The van der Waals surface area contributed by atoms with E-state index in [9.17, 15) is 18.0 Å². The summed E-state index contributed by atoms with van der Waals surface area (Å²) >= 11 is 0. The Balaban J connectivity index is 3.64. The lowest BCUT2D eigenvalue weighted by Crippen LogP contribution is -2.34. The molecular weight excluding hydrogens is 199 g/mol. The largest absolute Gasteiger partial charge is 0.389 e. The summed E-state index contributed by atoms with van der Waals surface area (Å²) in [7, 11) is 1.38. The molecule has 3 nitrogen and oxygen atoms in total. The molecular formula is C8H14F3NO2. The molecule has 0 radical (unpaired) electrons. The summed E-state index contributed by atoms with van der Waals surface area (Å²) in [5, 5.41) is 0. The molecule has 0 spiro atoms. The minimum absolute atomic E-state index is 0.0465. The highest BCUT2D eigenvalue weighted by Crippen LogP contribution is 2.22. The number of methoxy groups -OCH3 is 1. The minimum Gasteiger partial charge on any atom is -0.383 e. The summed E-state index contributed by atoms with van der Waals surface area (Å²) < 4.78 is 39.7. The lowest BCUT2D eigenvalue weighted by Gasteiger charge is -2.09. The van der Waals surface area contributed by atoms with E-state index >= 15 is 0 Å². The van der Waals surface area contributed by atoms with Crippen molar-refractivity contribution < 1.29 is 22.7 Å². The molecule has 84 valence electrons. The molecule has 0 saturated heterocycles. The molecule has 0 saturated carbocycles. The van der Waals surface area contributed by atoms with Crippen LogP contribution in [0.5, 0.6) is 0 Å². The second kappa shape index (κ2) is 5.98. The third-order valence-electron chi connectivity index (χ3n) is 1.64. The van der Waals surface area contributed by atoms with Crippen molar-refractivity contribution in [3.63, 3.8) is 0 Å². The number of ether oxygens (including phenoxy) is 1. The predicted octanol–water partition coefficient (Wildman–Crippen LogP) is 1.26. The standard InChI is InChI=1S/C8H14F3NO2/c1-14-5-6(12)7(13)3-2-4-8(9,10)11/h6H,2-5,12H2,1H3. The Morgan fingerprint density at radius 2 is 2.07 bits per heavy atom. The van der Waals surface area contributed by atoms with Crippen LogP contribution < -0.4 is 5.73 Å². The van der Waals surface area contributed by atoms with Gasteiger partial charge in [0.2, 0.25) is 0 Å². The van der Waals surface area contributed by atoms with E-state index in [2.05, 4.69) is 4.74 Å². The van der Waals surface area contributed by atoms with Crippen LogP contribution in [0.15, 0.2) is 0 Å². The number of Topliss-reactive ketones (excluding diaryl/α,β-unsaturated/α-hetero) is 1. The van der Waals surface area contributed by atoms with Crippen LogP contribution in [0.4, 0.5) is 13.2 Å². The maximum Gasteiger partial charge on any atom is 0.389 e. The van der Waals surface area contributed by atoms with Crippen molar-refractivity contribution in [3.05, 3.63) is 0 Å². The smallest absolute Gasteiger partial charge is 0.383 e. The number of carbonyl (C=O) groups excluding carboxylic acids is 1.